The minimum absolute atomic E-state index is 0.0808. The molecule has 1 amide bonds. The molecule has 3 N–H and O–H groups in total. The molecule has 0 aliphatic heterocycles. The molecule has 57 heavy (non-hydrogen) atoms. The Labute approximate surface area is 356 Å². The van der Waals surface area contributed by atoms with Crippen LogP contribution in [0.25, 0.3) is 0 Å². The second kappa shape index (κ2) is 48.7. The van der Waals surface area contributed by atoms with E-state index in [4.69, 9.17) is 0 Å². The zero-order valence-corrected chi connectivity index (χ0v) is 38.4. The highest BCUT2D eigenvalue weighted by Gasteiger charge is 2.17. The molecule has 2 atom stereocenters. The third-order valence-electron chi connectivity index (χ3n) is 11.5. The van der Waals surface area contributed by atoms with Gasteiger partial charge in [-0.05, 0) is 64.2 Å². The van der Waals surface area contributed by atoms with Crippen molar-refractivity contribution in [3.05, 3.63) is 48.6 Å². The lowest BCUT2D eigenvalue weighted by Crippen LogP contribution is -2.45. The highest BCUT2D eigenvalue weighted by atomic mass is 16.3. The Balaban J connectivity index is 3.56. The molecule has 0 spiro atoms. The van der Waals surface area contributed by atoms with Crippen molar-refractivity contribution >= 4 is 5.91 Å². The van der Waals surface area contributed by atoms with Crippen LogP contribution in [0.2, 0.25) is 0 Å². The van der Waals surface area contributed by atoms with Crippen LogP contribution in [0.4, 0.5) is 0 Å². The van der Waals surface area contributed by atoms with Gasteiger partial charge in [-0.25, -0.2) is 0 Å². The summed E-state index contributed by atoms with van der Waals surface area (Å²) in [5.41, 5.74) is 0. The van der Waals surface area contributed by atoms with Crippen molar-refractivity contribution in [1.82, 2.24) is 5.32 Å². The smallest absolute Gasteiger partial charge is 0.220 e. The third kappa shape index (κ3) is 45.3. The first-order chi connectivity index (χ1) is 28.2. The number of aliphatic hydroxyl groups is 2. The number of hydrogen-bond acceptors (Lipinski definition) is 3. The van der Waals surface area contributed by atoms with Gasteiger partial charge in [0.1, 0.15) is 0 Å². The van der Waals surface area contributed by atoms with Gasteiger partial charge in [-0.15, -0.1) is 0 Å². The predicted molar refractivity (Wildman–Crippen MR) is 253 cm³/mol. The van der Waals surface area contributed by atoms with Crippen LogP contribution in [-0.4, -0.2) is 34.9 Å². The quantitative estimate of drug-likeness (QED) is 0.0424. The molecule has 2 unspecified atom stereocenters. The summed E-state index contributed by atoms with van der Waals surface area (Å²) in [6.07, 6.45) is 66.8. The van der Waals surface area contributed by atoms with Gasteiger partial charge in [-0.3, -0.25) is 4.79 Å². The van der Waals surface area contributed by atoms with E-state index < -0.39 is 12.1 Å². The van der Waals surface area contributed by atoms with E-state index >= 15 is 0 Å². The van der Waals surface area contributed by atoms with Crippen LogP contribution in [0.5, 0.6) is 0 Å². The number of rotatable bonds is 46. The van der Waals surface area contributed by atoms with Crippen LogP contribution in [0.1, 0.15) is 264 Å². The molecule has 0 aromatic carbocycles. The molecule has 0 saturated heterocycles. The molecule has 334 valence electrons. The molecule has 0 saturated carbocycles. The van der Waals surface area contributed by atoms with Crippen LogP contribution in [0.3, 0.4) is 0 Å². The molecule has 4 heteroatoms. The van der Waals surface area contributed by atoms with E-state index in [9.17, 15) is 15.0 Å². The number of hydrogen-bond donors (Lipinski definition) is 3. The number of aliphatic hydroxyl groups excluding tert-OH is 2. The number of nitrogens with one attached hydrogen (secondary N) is 1. The Morgan fingerprint density at radius 1 is 0.421 bits per heavy atom. The van der Waals surface area contributed by atoms with Crippen molar-refractivity contribution in [3.63, 3.8) is 0 Å². The van der Waals surface area contributed by atoms with Crippen molar-refractivity contribution in [1.29, 1.82) is 0 Å². The maximum absolute atomic E-state index is 12.4. The molecule has 0 bridgehead atoms. The molecule has 0 fully saturated rings. The lowest BCUT2D eigenvalue weighted by molar-refractivity contribution is -0.123. The third-order valence-corrected chi connectivity index (χ3v) is 11.5. The average molecular weight is 798 g/mol. The van der Waals surface area contributed by atoms with Crippen LogP contribution in [-0.2, 0) is 4.79 Å². The van der Waals surface area contributed by atoms with Gasteiger partial charge in [0.2, 0.25) is 5.91 Å². The zero-order valence-electron chi connectivity index (χ0n) is 38.4. The lowest BCUT2D eigenvalue weighted by atomic mass is 10.0. The van der Waals surface area contributed by atoms with Gasteiger partial charge in [-0.2, -0.15) is 0 Å². The Hall–Kier alpha value is -1.65. The minimum Gasteiger partial charge on any atom is -0.394 e. The van der Waals surface area contributed by atoms with E-state index in [0.717, 1.165) is 44.9 Å². The fourth-order valence-corrected chi connectivity index (χ4v) is 7.64. The molecule has 0 aromatic heterocycles. The van der Waals surface area contributed by atoms with Crippen molar-refractivity contribution in [2.24, 2.45) is 0 Å². The van der Waals surface area contributed by atoms with E-state index in [1.807, 2.05) is 6.08 Å². The fraction of sp³-hybridized carbons (Fsp3) is 0.830. The summed E-state index contributed by atoms with van der Waals surface area (Å²) in [5, 5.41) is 23.1. The molecule has 0 heterocycles. The highest BCUT2D eigenvalue weighted by Crippen LogP contribution is 2.16. The first kappa shape index (κ1) is 55.4. The van der Waals surface area contributed by atoms with Crippen molar-refractivity contribution in [2.75, 3.05) is 6.61 Å². The van der Waals surface area contributed by atoms with E-state index in [1.54, 1.807) is 6.08 Å². The lowest BCUT2D eigenvalue weighted by Gasteiger charge is -2.19. The maximum Gasteiger partial charge on any atom is 0.220 e. The van der Waals surface area contributed by atoms with Gasteiger partial charge in [0.15, 0.2) is 0 Å². The second-order valence-corrected chi connectivity index (χ2v) is 17.2. The molecular formula is C53H99NO3. The van der Waals surface area contributed by atoms with E-state index in [-0.39, 0.29) is 12.5 Å². The van der Waals surface area contributed by atoms with Gasteiger partial charge in [0.25, 0.3) is 0 Å². The predicted octanol–water partition coefficient (Wildman–Crippen LogP) is 16.3. The van der Waals surface area contributed by atoms with Gasteiger partial charge in [-0.1, -0.05) is 242 Å². The zero-order chi connectivity index (χ0) is 41.4. The summed E-state index contributed by atoms with van der Waals surface area (Å²) >= 11 is 0. The SMILES string of the molecule is CCCCCC/C=C\C/C=C\CCCCCCCCCC(=O)NC(CO)C(O)/C=C/CC/C=C/CCCCCCCCCCCCCCCCCCCCCCC. The van der Waals surface area contributed by atoms with Crippen molar-refractivity contribution in [2.45, 2.75) is 276 Å². The largest absolute Gasteiger partial charge is 0.394 e. The molecule has 4 nitrogen and oxygen atoms in total. The Kier molecular flexibility index (Phi) is 47.3. The van der Waals surface area contributed by atoms with Crippen LogP contribution in [0.15, 0.2) is 48.6 Å². The Bertz CT molecular complexity index is 908. The number of carbonyl (C=O) groups is 1. The monoisotopic (exact) mass is 798 g/mol. The Morgan fingerprint density at radius 2 is 0.737 bits per heavy atom. The van der Waals surface area contributed by atoms with Gasteiger partial charge in [0.05, 0.1) is 18.8 Å². The van der Waals surface area contributed by atoms with Crippen LogP contribution in [0, 0.1) is 0 Å². The number of carbonyl (C=O) groups excluding carboxylic acids is 1. The summed E-state index contributed by atoms with van der Waals surface area (Å²) < 4.78 is 0. The summed E-state index contributed by atoms with van der Waals surface area (Å²) in [4.78, 5) is 12.4. The Morgan fingerprint density at radius 3 is 1.14 bits per heavy atom. The van der Waals surface area contributed by atoms with E-state index in [2.05, 4.69) is 55.6 Å². The van der Waals surface area contributed by atoms with Gasteiger partial charge in [0, 0.05) is 6.42 Å². The summed E-state index contributed by atoms with van der Waals surface area (Å²) in [6.45, 7) is 4.29. The van der Waals surface area contributed by atoms with E-state index in [0.29, 0.717) is 6.42 Å². The molecule has 0 aliphatic carbocycles. The molecule has 0 aliphatic rings. The summed E-state index contributed by atoms with van der Waals surface area (Å²) in [6, 6.07) is -0.644. The molecule has 0 aromatic rings. The number of unbranched alkanes of at least 4 members (excludes halogenated alkanes) is 33. The number of amides is 1. The first-order valence-corrected chi connectivity index (χ1v) is 25.4. The maximum atomic E-state index is 12.4. The van der Waals surface area contributed by atoms with Crippen LogP contribution < -0.4 is 5.32 Å². The average Bonchev–Trinajstić information content (AvgIpc) is 3.22. The van der Waals surface area contributed by atoms with Crippen molar-refractivity contribution in [3.8, 4) is 0 Å². The standard InChI is InChI=1S/C53H99NO3/c1-3-5-7-9-11-13-15-17-19-21-23-24-25-26-27-28-29-30-31-32-34-36-38-40-42-44-46-48-52(56)51(50-55)54-53(57)49-47-45-43-41-39-37-35-33-22-20-18-16-14-12-10-8-6-4-2/h14,16,20,22,38,40,46,48,51-52,55-56H,3-13,15,17-19,21,23-37,39,41-45,47,49-50H2,1-2H3,(H,54,57)/b16-14-,22-20-,40-38+,48-46+. The molecular weight excluding hydrogens is 699 g/mol. The van der Waals surface area contributed by atoms with Gasteiger partial charge >= 0.3 is 0 Å². The normalized spacial score (nSPS) is 13.3. The first-order valence-electron chi connectivity index (χ1n) is 25.4. The van der Waals surface area contributed by atoms with Crippen LogP contribution >= 0.6 is 0 Å². The molecule has 0 radical (unpaired) electrons. The van der Waals surface area contributed by atoms with Gasteiger partial charge < -0.3 is 15.5 Å². The second-order valence-electron chi connectivity index (χ2n) is 17.2. The summed E-state index contributed by atoms with van der Waals surface area (Å²) in [5.74, 6) is -0.0808. The summed E-state index contributed by atoms with van der Waals surface area (Å²) in [7, 11) is 0. The van der Waals surface area contributed by atoms with E-state index in [1.165, 1.54) is 199 Å². The van der Waals surface area contributed by atoms with Crippen molar-refractivity contribution < 1.29 is 15.0 Å². The number of allylic oxidation sites excluding steroid dienone is 7. The highest BCUT2D eigenvalue weighted by molar-refractivity contribution is 5.76. The fourth-order valence-electron chi connectivity index (χ4n) is 7.64. The topological polar surface area (TPSA) is 69.6 Å². The molecule has 0 rings (SSSR count). The minimum atomic E-state index is -0.867.